The Bertz CT molecular complexity index is 1260. The maximum atomic E-state index is 13.5. The second kappa shape index (κ2) is 13.8. The van der Waals surface area contributed by atoms with Gasteiger partial charge in [-0.25, -0.2) is 0 Å². The average Bonchev–Trinajstić information content (AvgIpc) is 3.39. The standard InChI is InChI=1S/C30H38N2O9/c1-38-13-9-25(35)32(11-8-19-6-4-5-7-23(19)39-2)22-16-21(30(37)31-10-12-33)26-20-14-18(17-34)15-24(40-3)28(20)41-29(26)27(22)36/h4-7,14-16,22,26-27,29,33-34,36H,8-13,17H2,1-3H3,(H,31,37). The molecule has 0 radical (unpaired) electrons. The van der Waals surface area contributed by atoms with Gasteiger partial charge in [0.1, 0.15) is 18.0 Å². The summed E-state index contributed by atoms with van der Waals surface area (Å²) < 4.78 is 22.4. The van der Waals surface area contributed by atoms with Crippen molar-refractivity contribution < 1.29 is 43.9 Å². The summed E-state index contributed by atoms with van der Waals surface area (Å²) in [5, 5.41) is 33.6. The first-order valence-corrected chi connectivity index (χ1v) is 13.6. The van der Waals surface area contributed by atoms with E-state index in [1.54, 1.807) is 30.2 Å². The number of nitrogens with zero attached hydrogens (tertiary/aromatic N) is 1. The van der Waals surface area contributed by atoms with E-state index in [9.17, 15) is 24.9 Å². The molecule has 0 bridgehead atoms. The molecule has 2 aromatic rings. The number of amides is 2. The Morgan fingerprint density at radius 3 is 2.51 bits per heavy atom. The van der Waals surface area contributed by atoms with Gasteiger partial charge in [0.05, 0.1) is 52.4 Å². The molecule has 0 saturated carbocycles. The molecule has 2 aromatic carbocycles. The number of carbonyl (C=O) groups is 2. The van der Waals surface area contributed by atoms with Crippen LogP contribution in [0, 0.1) is 0 Å². The lowest BCUT2D eigenvalue weighted by atomic mass is 9.77. The summed E-state index contributed by atoms with van der Waals surface area (Å²) in [4.78, 5) is 28.5. The molecule has 4 unspecified atom stereocenters. The summed E-state index contributed by atoms with van der Waals surface area (Å²) in [5.41, 5.74) is 2.33. The van der Waals surface area contributed by atoms with Gasteiger partial charge in [-0.3, -0.25) is 9.59 Å². The first kappa shape index (κ1) is 30.3. The van der Waals surface area contributed by atoms with Crippen LogP contribution >= 0.6 is 0 Å². The van der Waals surface area contributed by atoms with E-state index in [0.29, 0.717) is 34.8 Å². The third-order valence-electron chi connectivity index (χ3n) is 7.51. The Kier molecular flexibility index (Phi) is 10.2. The molecule has 1 aliphatic heterocycles. The number of nitrogens with one attached hydrogen (secondary N) is 1. The first-order valence-electron chi connectivity index (χ1n) is 13.6. The molecule has 222 valence electrons. The van der Waals surface area contributed by atoms with E-state index >= 15 is 0 Å². The Balaban J connectivity index is 1.76. The van der Waals surface area contributed by atoms with Gasteiger partial charge in [-0.1, -0.05) is 18.2 Å². The Labute approximate surface area is 239 Å². The van der Waals surface area contributed by atoms with E-state index in [0.717, 1.165) is 5.56 Å². The summed E-state index contributed by atoms with van der Waals surface area (Å²) in [6.45, 7) is -0.0642. The van der Waals surface area contributed by atoms with Crippen LogP contribution in [-0.4, -0.2) is 97.9 Å². The van der Waals surface area contributed by atoms with Gasteiger partial charge in [-0.2, -0.15) is 0 Å². The minimum Gasteiger partial charge on any atom is -0.496 e. The van der Waals surface area contributed by atoms with Crippen molar-refractivity contribution in [3.05, 3.63) is 64.7 Å². The third-order valence-corrected chi connectivity index (χ3v) is 7.51. The van der Waals surface area contributed by atoms with Crippen molar-refractivity contribution in [1.82, 2.24) is 10.2 Å². The summed E-state index contributed by atoms with van der Waals surface area (Å²) in [6, 6.07) is 9.97. The lowest BCUT2D eigenvalue weighted by Gasteiger charge is -2.41. The molecule has 4 atom stereocenters. The lowest BCUT2D eigenvalue weighted by Crippen LogP contribution is -2.56. The molecule has 4 rings (SSSR count). The highest BCUT2D eigenvalue weighted by molar-refractivity contribution is 5.96. The SMILES string of the molecule is COCCC(=O)N(CCc1ccccc1OC)C1C=C(C(=O)NCCO)C2c3cc(CO)cc(OC)c3OC2C1O. The van der Waals surface area contributed by atoms with Gasteiger partial charge in [0, 0.05) is 31.3 Å². The van der Waals surface area contributed by atoms with Gasteiger partial charge in [0.25, 0.3) is 0 Å². The van der Waals surface area contributed by atoms with E-state index < -0.39 is 30.1 Å². The zero-order chi connectivity index (χ0) is 29.5. The third kappa shape index (κ3) is 6.33. The molecule has 41 heavy (non-hydrogen) atoms. The fourth-order valence-corrected chi connectivity index (χ4v) is 5.54. The normalized spacial score (nSPS) is 20.8. The second-order valence-corrected chi connectivity index (χ2v) is 9.91. The molecule has 4 N–H and O–H groups in total. The predicted molar refractivity (Wildman–Crippen MR) is 149 cm³/mol. The highest BCUT2D eigenvalue weighted by Gasteiger charge is 2.51. The average molecular weight is 571 g/mol. The topological polar surface area (TPSA) is 147 Å². The molecular weight excluding hydrogens is 532 g/mol. The van der Waals surface area contributed by atoms with Gasteiger partial charge in [0.2, 0.25) is 11.8 Å². The molecule has 0 fully saturated rings. The summed E-state index contributed by atoms with van der Waals surface area (Å²) in [5.74, 6) is 0.00845. The minimum absolute atomic E-state index is 0.0266. The predicted octanol–water partition coefficient (Wildman–Crippen LogP) is 0.927. The van der Waals surface area contributed by atoms with Gasteiger partial charge < -0.3 is 44.5 Å². The summed E-state index contributed by atoms with van der Waals surface area (Å²) in [7, 11) is 4.56. The number of ether oxygens (including phenoxy) is 4. The maximum absolute atomic E-state index is 13.5. The number of hydrogen-bond donors (Lipinski definition) is 4. The Morgan fingerprint density at radius 2 is 1.83 bits per heavy atom. The molecule has 0 aromatic heterocycles. The number of aliphatic hydroxyl groups excluding tert-OH is 3. The van der Waals surface area contributed by atoms with Crippen LogP contribution in [-0.2, 0) is 27.4 Å². The highest BCUT2D eigenvalue weighted by atomic mass is 16.5. The van der Waals surface area contributed by atoms with Crippen LogP contribution in [0.3, 0.4) is 0 Å². The van der Waals surface area contributed by atoms with Crippen molar-refractivity contribution in [1.29, 1.82) is 0 Å². The van der Waals surface area contributed by atoms with Crippen molar-refractivity contribution in [2.75, 3.05) is 47.6 Å². The van der Waals surface area contributed by atoms with Crippen molar-refractivity contribution in [3.8, 4) is 17.2 Å². The fourth-order valence-electron chi connectivity index (χ4n) is 5.54. The van der Waals surface area contributed by atoms with Crippen LogP contribution in [0.2, 0.25) is 0 Å². The van der Waals surface area contributed by atoms with Crippen LogP contribution in [0.15, 0.2) is 48.0 Å². The lowest BCUT2D eigenvalue weighted by molar-refractivity contribution is -0.138. The first-order chi connectivity index (χ1) is 19.9. The monoisotopic (exact) mass is 570 g/mol. The number of hydrogen-bond acceptors (Lipinski definition) is 9. The van der Waals surface area contributed by atoms with E-state index in [2.05, 4.69) is 5.32 Å². The van der Waals surface area contributed by atoms with Crippen LogP contribution in [0.4, 0.5) is 0 Å². The molecule has 11 heteroatoms. The molecule has 2 aliphatic rings. The van der Waals surface area contributed by atoms with Crippen LogP contribution in [0.5, 0.6) is 17.2 Å². The molecule has 0 saturated heterocycles. The molecular formula is C30H38N2O9. The van der Waals surface area contributed by atoms with Crippen molar-refractivity contribution >= 4 is 11.8 Å². The van der Waals surface area contributed by atoms with E-state index in [-0.39, 0.29) is 50.8 Å². The maximum Gasteiger partial charge on any atom is 0.247 e. The summed E-state index contributed by atoms with van der Waals surface area (Å²) >= 11 is 0. The number of methoxy groups -OCH3 is 3. The smallest absolute Gasteiger partial charge is 0.247 e. The summed E-state index contributed by atoms with van der Waals surface area (Å²) in [6.07, 6.45) is 0.0143. The van der Waals surface area contributed by atoms with E-state index in [4.69, 9.17) is 18.9 Å². The van der Waals surface area contributed by atoms with Gasteiger partial charge in [0.15, 0.2) is 11.5 Å². The molecule has 2 amide bonds. The number of fused-ring (bicyclic) bond motifs is 3. The van der Waals surface area contributed by atoms with Crippen LogP contribution < -0.4 is 19.5 Å². The largest absolute Gasteiger partial charge is 0.496 e. The Hall–Kier alpha value is -3.64. The fraction of sp³-hybridized carbons (Fsp3) is 0.467. The van der Waals surface area contributed by atoms with Gasteiger partial charge in [-0.05, 0) is 41.8 Å². The van der Waals surface area contributed by atoms with E-state index in [1.807, 2.05) is 24.3 Å². The number of carbonyl (C=O) groups excluding carboxylic acids is 2. The van der Waals surface area contributed by atoms with Crippen molar-refractivity contribution in [2.45, 2.75) is 43.6 Å². The molecule has 11 nitrogen and oxygen atoms in total. The van der Waals surface area contributed by atoms with Gasteiger partial charge in [-0.15, -0.1) is 0 Å². The highest BCUT2D eigenvalue weighted by Crippen LogP contribution is 2.51. The zero-order valence-corrected chi connectivity index (χ0v) is 23.5. The van der Waals surface area contributed by atoms with Crippen LogP contribution in [0.25, 0.3) is 0 Å². The Morgan fingerprint density at radius 1 is 1.07 bits per heavy atom. The van der Waals surface area contributed by atoms with Crippen molar-refractivity contribution in [3.63, 3.8) is 0 Å². The van der Waals surface area contributed by atoms with Crippen LogP contribution in [0.1, 0.15) is 29.0 Å². The molecule has 0 spiro atoms. The number of benzene rings is 2. The van der Waals surface area contributed by atoms with Crippen molar-refractivity contribution in [2.24, 2.45) is 0 Å². The quantitative estimate of drug-likeness (QED) is 0.276. The van der Waals surface area contributed by atoms with E-state index in [1.165, 1.54) is 14.2 Å². The molecule has 1 heterocycles. The molecule has 1 aliphatic carbocycles. The zero-order valence-electron chi connectivity index (χ0n) is 23.5. The number of para-hydroxylation sites is 1. The second-order valence-electron chi connectivity index (χ2n) is 9.91. The number of aliphatic hydroxyl groups is 3. The number of rotatable bonds is 13. The van der Waals surface area contributed by atoms with Gasteiger partial charge >= 0.3 is 0 Å². The minimum atomic E-state index is -1.20.